The average Bonchev–Trinajstić information content (AvgIpc) is 3.11. The number of hydrogen-bond acceptors (Lipinski definition) is 3. The summed E-state index contributed by atoms with van der Waals surface area (Å²) >= 11 is 3.50. The number of nitrogens with zero attached hydrogens (tertiary/aromatic N) is 4. The molecule has 3 heterocycles. The van der Waals surface area contributed by atoms with Crippen LogP contribution >= 0.6 is 39.9 Å². The second-order valence-electron chi connectivity index (χ2n) is 6.91. The summed E-state index contributed by atoms with van der Waals surface area (Å²) in [5.74, 6) is 0.875. The monoisotopic (exact) mass is 569 g/mol. The molecule has 0 radical (unpaired) electrons. The van der Waals surface area contributed by atoms with Crippen LogP contribution < -0.4 is 5.32 Å². The maximum atomic E-state index is 6.04. The number of benzene rings is 1. The maximum Gasteiger partial charge on any atom is 0.194 e. The van der Waals surface area contributed by atoms with Crippen LogP contribution in [0.25, 0.3) is 5.65 Å². The number of aromatic nitrogens is 2. The third-order valence-corrected chi connectivity index (χ3v) is 5.47. The molecular formula is C21H25BrIN5O. The summed E-state index contributed by atoms with van der Waals surface area (Å²) in [6.45, 7) is 5.04. The first-order valence-corrected chi connectivity index (χ1v) is 10.2. The van der Waals surface area contributed by atoms with Crippen LogP contribution in [0, 0.1) is 6.92 Å². The van der Waals surface area contributed by atoms with Crippen molar-refractivity contribution in [2.24, 2.45) is 4.99 Å². The highest BCUT2D eigenvalue weighted by Crippen LogP contribution is 2.25. The number of pyridine rings is 1. The molecule has 1 atom stereocenters. The molecule has 2 aromatic heterocycles. The Kier molecular flexibility index (Phi) is 7.53. The number of aliphatic imine (C=N–C) groups is 1. The van der Waals surface area contributed by atoms with E-state index in [1.54, 1.807) is 0 Å². The molecule has 8 heteroatoms. The summed E-state index contributed by atoms with van der Waals surface area (Å²) in [6.07, 6.45) is 4.10. The number of guanidine groups is 1. The lowest BCUT2D eigenvalue weighted by molar-refractivity contribution is -0.00834. The lowest BCUT2D eigenvalue weighted by Crippen LogP contribution is -2.48. The maximum absolute atomic E-state index is 6.04. The molecule has 154 valence electrons. The minimum absolute atomic E-state index is 0. The fraction of sp³-hybridized carbons (Fsp3) is 0.333. The zero-order valence-electron chi connectivity index (χ0n) is 16.5. The predicted molar refractivity (Wildman–Crippen MR) is 130 cm³/mol. The fourth-order valence-corrected chi connectivity index (χ4v) is 3.93. The molecule has 1 fully saturated rings. The number of halogens is 2. The molecule has 1 aliphatic rings. The number of nitrogens with one attached hydrogen (secondary N) is 1. The van der Waals surface area contributed by atoms with Gasteiger partial charge in [-0.15, -0.1) is 24.0 Å². The van der Waals surface area contributed by atoms with Gasteiger partial charge in [0.15, 0.2) is 5.96 Å². The van der Waals surface area contributed by atoms with Crippen molar-refractivity contribution in [3.63, 3.8) is 0 Å². The highest BCUT2D eigenvalue weighted by atomic mass is 127. The van der Waals surface area contributed by atoms with Gasteiger partial charge in [-0.25, -0.2) is 4.98 Å². The standard InChI is InChI=1S/C21H24BrN5O.HI/c1-15-5-3-4-6-18(15)19-14-26(9-10-28-19)21(23-2)24-11-17-13-27-12-16(22)7-8-20(27)25-17;/h3-8,12-13,19H,9-11,14H2,1-2H3,(H,23,24);1H. The van der Waals surface area contributed by atoms with Crippen LogP contribution in [0.2, 0.25) is 0 Å². The predicted octanol–water partition coefficient (Wildman–Crippen LogP) is 4.17. The van der Waals surface area contributed by atoms with E-state index >= 15 is 0 Å². The Bertz CT molecular complexity index is 1010. The number of hydrogen-bond donors (Lipinski definition) is 1. The zero-order chi connectivity index (χ0) is 19.5. The van der Waals surface area contributed by atoms with E-state index in [-0.39, 0.29) is 30.1 Å². The molecule has 1 aromatic carbocycles. The van der Waals surface area contributed by atoms with Crippen LogP contribution in [0.1, 0.15) is 22.9 Å². The van der Waals surface area contributed by atoms with E-state index in [4.69, 9.17) is 4.74 Å². The fourth-order valence-electron chi connectivity index (χ4n) is 3.58. The highest BCUT2D eigenvalue weighted by molar-refractivity contribution is 14.0. The molecule has 1 saturated heterocycles. The summed E-state index contributed by atoms with van der Waals surface area (Å²) in [5, 5.41) is 3.45. The Morgan fingerprint density at radius 1 is 1.28 bits per heavy atom. The van der Waals surface area contributed by atoms with Crippen LogP contribution in [0.3, 0.4) is 0 Å². The van der Waals surface area contributed by atoms with Gasteiger partial charge in [-0.3, -0.25) is 4.99 Å². The van der Waals surface area contributed by atoms with Gasteiger partial charge in [0.05, 0.1) is 25.4 Å². The van der Waals surface area contributed by atoms with Gasteiger partial charge in [0.1, 0.15) is 11.8 Å². The smallest absolute Gasteiger partial charge is 0.194 e. The first-order chi connectivity index (χ1) is 13.6. The van der Waals surface area contributed by atoms with Gasteiger partial charge in [0.25, 0.3) is 0 Å². The molecule has 1 N–H and O–H groups in total. The average molecular weight is 570 g/mol. The summed E-state index contributed by atoms with van der Waals surface area (Å²) in [5.41, 5.74) is 4.41. The van der Waals surface area contributed by atoms with Gasteiger partial charge in [0.2, 0.25) is 0 Å². The Balaban J connectivity index is 0.00000240. The molecule has 29 heavy (non-hydrogen) atoms. The first-order valence-electron chi connectivity index (χ1n) is 9.40. The molecule has 0 saturated carbocycles. The molecule has 1 aliphatic heterocycles. The number of ether oxygens (including phenoxy) is 1. The highest BCUT2D eigenvalue weighted by Gasteiger charge is 2.25. The van der Waals surface area contributed by atoms with E-state index in [0.29, 0.717) is 13.2 Å². The number of rotatable bonds is 3. The number of imidazole rings is 1. The van der Waals surface area contributed by atoms with Crippen LogP contribution in [-0.2, 0) is 11.3 Å². The molecule has 0 bridgehead atoms. The first kappa shape index (κ1) is 22.0. The number of fused-ring (bicyclic) bond motifs is 1. The topological polar surface area (TPSA) is 54.2 Å². The SMILES string of the molecule is CN=C(NCc1cn2cc(Br)ccc2n1)N1CCOC(c2ccccc2C)C1.I. The summed E-state index contributed by atoms with van der Waals surface area (Å²) in [6, 6.07) is 12.4. The van der Waals surface area contributed by atoms with Gasteiger partial charge in [0, 0.05) is 30.5 Å². The zero-order valence-corrected chi connectivity index (χ0v) is 20.4. The minimum Gasteiger partial charge on any atom is -0.370 e. The van der Waals surface area contributed by atoms with E-state index in [1.807, 2.05) is 36.0 Å². The molecule has 0 spiro atoms. The molecule has 4 rings (SSSR count). The third-order valence-electron chi connectivity index (χ3n) is 5.01. The van der Waals surface area contributed by atoms with Crippen LogP contribution in [-0.4, -0.2) is 47.0 Å². The van der Waals surface area contributed by atoms with E-state index < -0.39 is 0 Å². The van der Waals surface area contributed by atoms with Crippen molar-refractivity contribution in [3.05, 3.63) is 70.1 Å². The van der Waals surface area contributed by atoms with Crippen molar-refractivity contribution in [3.8, 4) is 0 Å². The second kappa shape index (κ2) is 9.90. The Morgan fingerprint density at radius 3 is 2.90 bits per heavy atom. The van der Waals surface area contributed by atoms with Gasteiger partial charge in [-0.05, 0) is 46.1 Å². The molecule has 6 nitrogen and oxygen atoms in total. The van der Waals surface area contributed by atoms with Crippen LogP contribution in [0.15, 0.2) is 58.3 Å². The lowest BCUT2D eigenvalue weighted by Gasteiger charge is -2.35. The van der Waals surface area contributed by atoms with Crippen molar-refractivity contribution >= 4 is 51.5 Å². The quantitative estimate of drug-likeness (QED) is 0.292. The molecule has 0 aliphatic carbocycles. The summed E-state index contributed by atoms with van der Waals surface area (Å²) in [7, 11) is 1.82. The van der Waals surface area contributed by atoms with Crippen molar-refractivity contribution in [1.82, 2.24) is 19.6 Å². The Labute approximate surface area is 196 Å². The number of aryl methyl sites for hydroxylation is 1. The Hall–Kier alpha value is -1.65. The van der Waals surface area contributed by atoms with E-state index in [2.05, 4.69) is 67.3 Å². The van der Waals surface area contributed by atoms with Crippen LogP contribution in [0.5, 0.6) is 0 Å². The van der Waals surface area contributed by atoms with Crippen molar-refractivity contribution in [1.29, 1.82) is 0 Å². The van der Waals surface area contributed by atoms with Crippen molar-refractivity contribution < 1.29 is 4.74 Å². The van der Waals surface area contributed by atoms with Crippen molar-refractivity contribution in [2.45, 2.75) is 19.6 Å². The molecule has 1 unspecified atom stereocenters. The minimum atomic E-state index is 0. The number of morpholine rings is 1. The van der Waals surface area contributed by atoms with Crippen molar-refractivity contribution in [2.75, 3.05) is 26.7 Å². The second-order valence-corrected chi connectivity index (χ2v) is 7.82. The van der Waals surface area contributed by atoms with E-state index in [9.17, 15) is 0 Å². The molecule has 0 amide bonds. The van der Waals surface area contributed by atoms with E-state index in [1.165, 1.54) is 11.1 Å². The van der Waals surface area contributed by atoms with Gasteiger partial charge >= 0.3 is 0 Å². The molecule has 3 aromatic rings. The van der Waals surface area contributed by atoms with Crippen LogP contribution in [0.4, 0.5) is 0 Å². The Morgan fingerprint density at radius 2 is 2.10 bits per heavy atom. The summed E-state index contributed by atoms with van der Waals surface area (Å²) in [4.78, 5) is 11.4. The molecular weight excluding hydrogens is 545 g/mol. The van der Waals surface area contributed by atoms with Gasteiger partial charge in [-0.2, -0.15) is 0 Å². The third kappa shape index (κ3) is 5.10. The lowest BCUT2D eigenvalue weighted by atomic mass is 10.0. The normalized spacial score (nSPS) is 17.3. The largest absolute Gasteiger partial charge is 0.370 e. The van der Waals surface area contributed by atoms with Gasteiger partial charge in [-0.1, -0.05) is 24.3 Å². The van der Waals surface area contributed by atoms with E-state index in [0.717, 1.165) is 34.9 Å². The summed E-state index contributed by atoms with van der Waals surface area (Å²) < 4.78 is 9.09. The van der Waals surface area contributed by atoms with Gasteiger partial charge < -0.3 is 19.4 Å².